The predicted octanol–water partition coefficient (Wildman–Crippen LogP) is 4.48. The minimum absolute atomic E-state index is 0.0970. The van der Waals surface area contributed by atoms with Crippen molar-refractivity contribution in [1.82, 2.24) is 0 Å². The lowest BCUT2D eigenvalue weighted by atomic mass is 10.2. The number of nitrogens with zero attached hydrogens (tertiary/aromatic N) is 1. The highest BCUT2D eigenvalue weighted by Crippen LogP contribution is 2.31. The summed E-state index contributed by atoms with van der Waals surface area (Å²) in [7, 11) is 0. The van der Waals surface area contributed by atoms with Crippen molar-refractivity contribution < 1.29 is 9.34 Å². The lowest BCUT2D eigenvalue weighted by Crippen LogP contribution is -2.01. The summed E-state index contributed by atoms with van der Waals surface area (Å²) in [6.45, 7) is 2.18. The molecule has 0 fully saturated rings. The molecule has 1 heterocycles. The number of anilines is 1. The van der Waals surface area contributed by atoms with Crippen LogP contribution in [0.3, 0.4) is 0 Å². The van der Waals surface area contributed by atoms with Gasteiger partial charge >= 0.3 is 0 Å². The summed E-state index contributed by atoms with van der Waals surface area (Å²) < 4.78 is 7.02. The second kappa shape index (κ2) is 5.91. The SMILES string of the molecule is Cc1cc(Br)c(NCc2ccc(I)o2)cc1[N+](=O)[O-]. The summed E-state index contributed by atoms with van der Waals surface area (Å²) in [4.78, 5) is 10.5. The van der Waals surface area contributed by atoms with E-state index in [1.54, 1.807) is 13.0 Å². The van der Waals surface area contributed by atoms with Crippen molar-refractivity contribution in [1.29, 1.82) is 0 Å². The van der Waals surface area contributed by atoms with Crippen LogP contribution in [-0.2, 0) is 6.54 Å². The summed E-state index contributed by atoms with van der Waals surface area (Å²) in [6, 6.07) is 6.98. The number of aryl methyl sites for hydroxylation is 1. The molecule has 0 atom stereocenters. The van der Waals surface area contributed by atoms with Gasteiger partial charge in [-0.1, -0.05) is 0 Å². The molecule has 0 aliphatic rings. The quantitative estimate of drug-likeness (QED) is 0.436. The zero-order valence-electron chi connectivity index (χ0n) is 9.94. The molecule has 0 aliphatic heterocycles. The van der Waals surface area contributed by atoms with Gasteiger partial charge < -0.3 is 9.73 Å². The molecule has 0 amide bonds. The van der Waals surface area contributed by atoms with Gasteiger partial charge in [0.15, 0.2) is 3.77 Å². The minimum Gasteiger partial charge on any atom is -0.454 e. The summed E-state index contributed by atoms with van der Waals surface area (Å²) >= 11 is 5.48. The van der Waals surface area contributed by atoms with Gasteiger partial charge in [0.2, 0.25) is 0 Å². The molecule has 1 N–H and O–H groups in total. The van der Waals surface area contributed by atoms with Crippen LogP contribution in [0.4, 0.5) is 11.4 Å². The first-order valence-corrected chi connectivity index (χ1v) is 7.27. The van der Waals surface area contributed by atoms with Crippen LogP contribution in [0.15, 0.2) is 33.2 Å². The summed E-state index contributed by atoms with van der Waals surface area (Å²) in [5.74, 6) is 0.777. The van der Waals surface area contributed by atoms with E-state index in [1.807, 2.05) is 12.1 Å². The number of nitro benzene ring substituents is 1. The largest absolute Gasteiger partial charge is 0.454 e. The third-order valence-corrected chi connectivity index (χ3v) is 3.80. The molecule has 0 bridgehead atoms. The van der Waals surface area contributed by atoms with E-state index in [1.165, 1.54) is 6.07 Å². The molecule has 0 saturated heterocycles. The Balaban J connectivity index is 2.20. The van der Waals surface area contributed by atoms with E-state index in [2.05, 4.69) is 43.8 Å². The molecule has 0 saturated carbocycles. The van der Waals surface area contributed by atoms with E-state index in [0.717, 1.165) is 14.0 Å². The van der Waals surface area contributed by atoms with Crippen LogP contribution in [-0.4, -0.2) is 4.92 Å². The average Bonchev–Trinajstić information content (AvgIpc) is 2.73. The number of benzene rings is 1. The number of hydrogen-bond acceptors (Lipinski definition) is 4. The van der Waals surface area contributed by atoms with E-state index >= 15 is 0 Å². The van der Waals surface area contributed by atoms with Gasteiger partial charge in [-0.15, -0.1) is 0 Å². The van der Waals surface area contributed by atoms with E-state index in [9.17, 15) is 10.1 Å². The van der Waals surface area contributed by atoms with Crippen molar-refractivity contribution >= 4 is 49.9 Å². The standard InChI is InChI=1S/C12H10BrIN2O3/c1-7-4-9(13)10(5-11(7)16(17)18)15-6-8-2-3-12(14)19-8/h2-5,15H,6H2,1H3. The molecule has 0 aliphatic carbocycles. The van der Waals surface area contributed by atoms with Crippen LogP contribution in [0.25, 0.3) is 0 Å². The Morgan fingerprint density at radius 3 is 2.79 bits per heavy atom. The maximum Gasteiger partial charge on any atom is 0.274 e. The van der Waals surface area contributed by atoms with Gasteiger partial charge in [-0.2, -0.15) is 0 Å². The topological polar surface area (TPSA) is 68.3 Å². The third kappa shape index (κ3) is 3.47. The average molecular weight is 437 g/mol. The lowest BCUT2D eigenvalue weighted by molar-refractivity contribution is -0.385. The molecule has 100 valence electrons. The predicted molar refractivity (Wildman–Crippen MR) is 84.3 cm³/mol. The monoisotopic (exact) mass is 436 g/mol. The normalized spacial score (nSPS) is 10.5. The highest BCUT2D eigenvalue weighted by molar-refractivity contribution is 14.1. The molecular formula is C12H10BrIN2O3. The summed E-state index contributed by atoms with van der Waals surface area (Å²) in [6.07, 6.45) is 0. The number of hydrogen-bond donors (Lipinski definition) is 1. The van der Waals surface area contributed by atoms with Gasteiger partial charge in [0, 0.05) is 16.1 Å². The lowest BCUT2D eigenvalue weighted by Gasteiger charge is -2.08. The third-order valence-electron chi connectivity index (χ3n) is 2.56. The molecule has 7 heteroatoms. The molecule has 2 rings (SSSR count). The highest BCUT2D eigenvalue weighted by Gasteiger charge is 2.14. The zero-order chi connectivity index (χ0) is 14.0. The molecular weight excluding hydrogens is 427 g/mol. The van der Waals surface area contributed by atoms with Crippen molar-refractivity contribution in [3.63, 3.8) is 0 Å². The van der Waals surface area contributed by atoms with E-state index in [4.69, 9.17) is 4.42 Å². The molecule has 0 radical (unpaired) electrons. The molecule has 1 aromatic carbocycles. The van der Waals surface area contributed by atoms with Gasteiger partial charge in [-0.05, 0) is 63.6 Å². The Morgan fingerprint density at radius 1 is 1.47 bits per heavy atom. The van der Waals surface area contributed by atoms with Crippen LogP contribution in [0.1, 0.15) is 11.3 Å². The first-order valence-electron chi connectivity index (χ1n) is 5.40. The van der Waals surface area contributed by atoms with Crippen molar-refractivity contribution in [2.75, 3.05) is 5.32 Å². The molecule has 2 aromatic rings. The number of nitrogens with one attached hydrogen (secondary N) is 1. The van der Waals surface area contributed by atoms with Crippen molar-refractivity contribution in [2.45, 2.75) is 13.5 Å². The van der Waals surface area contributed by atoms with Gasteiger partial charge in [-0.3, -0.25) is 10.1 Å². The van der Waals surface area contributed by atoms with E-state index in [-0.39, 0.29) is 10.6 Å². The van der Waals surface area contributed by atoms with Gasteiger partial charge in [-0.25, -0.2) is 0 Å². The number of furan rings is 1. The zero-order valence-corrected chi connectivity index (χ0v) is 13.7. The molecule has 0 unspecified atom stereocenters. The maximum absolute atomic E-state index is 10.9. The smallest absolute Gasteiger partial charge is 0.274 e. The van der Waals surface area contributed by atoms with Crippen LogP contribution in [0.5, 0.6) is 0 Å². The van der Waals surface area contributed by atoms with Gasteiger partial charge in [0.25, 0.3) is 5.69 Å². The Hall–Kier alpha value is -1.09. The Bertz CT molecular complexity index is 627. The second-order valence-corrected chi connectivity index (χ2v) is 5.85. The van der Waals surface area contributed by atoms with E-state index in [0.29, 0.717) is 17.8 Å². The maximum atomic E-state index is 10.9. The van der Waals surface area contributed by atoms with Crippen LogP contribution >= 0.6 is 38.5 Å². The van der Waals surface area contributed by atoms with Crippen molar-refractivity contribution in [3.8, 4) is 0 Å². The number of halogens is 2. The Labute approximate surface area is 131 Å². The summed E-state index contributed by atoms with van der Waals surface area (Å²) in [5.41, 5.74) is 1.39. The molecule has 0 spiro atoms. The van der Waals surface area contributed by atoms with Crippen LogP contribution in [0, 0.1) is 20.8 Å². The molecule has 5 nitrogen and oxygen atoms in total. The van der Waals surface area contributed by atoms with Crippen molar-refractivity contribution in [3.05, 3.63) is 53.9 Å². The first-order chi connectivity index (χ1) is 8.97. The van der Waals surface area contributed by atoms with Gasteiger partial charge in [0.05, 0.1) is 17.2 Å². The fraction of sp³-hybridized carbons (Fsp3) is 0.167. The fourth-order valence-electron chi connectivity index (χ4n) is 1.62. The highest BCUT2D eigenvalue weighted by atomic mass is 127. The summed E-state index contributed by atoms with van der Waals surface area (Å²) in [5, 5.41) is 14.0. The second-order valence-electron chi connectivity index (χ2n) is 3.94. The van der Waals surface area contributed by atoms with Crippen LogP contribution < -0.4 is 5.32 Å². The minimum atomic E-state index is -0.386. The van der Waals surface area contributed by atoms with Gasteiger partial charge in [0.1, 0.15) is 5.76 Å². The first kappa shape index (κ1) is 14.3. The number of nitro groups is 1. The molecule has 1 aromatic heterocycles. The van der Waals surface area contributed by atoms with Crippen LogP contribution in [0.2, 0.25) is 0 Å². The number of rotatable bonds is 4. The Morgan fingerprint density at radius 2 is 2.21 bits per heavy atom. The van der Waals surface area contributed by atoms with Crippen molar-refractivity contribution in [2.24, 2.45) is 0 Å². The van der Waals surface area contributed by atoms with E-state index < -0.39 is 0 Å². The molecule has 19 heavy (non-hydrogen) atoms. The fourth-order valence-corrected chi connectivity index (χ4v) is 2.68. The Kier molecular flexibility index (Phi) is 4.46.